The van der Waals surface area contributed by atoms with Gasteiger partial charge in [0, 0.05) is 35.2 Å². The summed E-state index contributed by atoms with van der Waals surface area (Å²) in [6.45, 7) is 9.14. The highest BCUT2D eigenvalue weighted by molar-refractivity contribution is 7.15. The zero-order chi connectivity index (χ0) is 23.3. The fourth-order valence-electron chi connectivity index (χ4n) is 4.42. The minimum atomic E-state index is -0.632. The second kappa shape index (κ2) is 8.35. The Morgan fingerprint density at radius 2 is 2.15 bits per heavy atom. The van der Waals surface area contributed by atoms with Crippen LogP contribution in [0, 0.1) is 6.92 Å². The lowest BCUT2D eigenvalue weighted by molar-refractivity contribution is -0.133. The molecule has 5 rings (SSSR count). The normalized spacial score (nSPS) is 14.8. The fraction of sp³-hybridized carbons (Fsp3) is 0.435. The molecule has 1 aliphatic rings. The van der Waals surface area contributed by atoms with Crippen LogP contribution < -0.4 is 0 Å². The SMILES string of the molecule is Cc1cc(-c2[nH]nc(-c3nc4c(s3)CN(C(=O)C[C@H](C)O)CC4)c2C(C)C)cn2ncnc12. The van der Waals surface area contributed by atoms with E-state index < -0.39 is 6.10 Å². The van der Waals surface area contributed by atoms with Crippen LogP contribution in [0.4, 0.5) is 0 Å². The Bertz CT molecular complexity index is 1330. The van der Waals surface area contributed by atoms with Gasteiger partial charge in [-0.05, 0) is 31.4 Å². The van der Waals surface area contributed by atoms with Crippen molar-refractivity contribution in [3.63, 3.8) is 0 Å². The number of rotatable bonds is 5. The number of hydrogen-bond acceptors (Lipinski definition) is 7. The number of amides is 1. The topological polar surface area (TPSA) is 112 Å². The first-order valence-electron chi connectivity index (χ1n) is 11.1. The summed E-state index contributed by atoms with van der Waals surface area (Å²) in [5.41, 5.74) is 6.86. The van der Waals surface area contributed by atoms with Gasteiger partial charge in [0.1, 0.15) is 17.0 Å². The maximum Gasteiger partial charge on any atom is 0.225 e. The third kappa shape index (κ3) is 3.93. The zero-order valence-corrected chi connectivity index (χ0v) is 20.0. The highest BCUT2D eigenvalue weighted by atomic mass is 32.1. The lowest BCUT2D eigenvalue weighted by atomic mass is 9.97. The van der Waals surface area contributed by atoms with Crippen molar-refractivity contribution in [2.75, 3.05) is 6.54 Å². The van der Waals surface area contributed by atoms with Gasteiger partial charge < -0.3 is 10.0 Å². The molecule has 0 unspecified atom stereocenters. The van der Waals surface area contributed by atoms with Crippen molar-refractivity contribution in [1.82, 2.24) is 34.7 Å². The molecule has 0 saturated heterocycles. The van der Waals surface area contributed by atoms with Crippen LogP contribution in [0.15, 0.2) is 18.6 Å². The molecule has 33 heavy (non-hydrogen) atoms. The number of aryl methyl sites for hydroxylation is 1. The first-order valence-corrected chi connectivity index (χ1v) is 12.0. The molecule has 0 fully saturated rings. The molecule has 9 nitrogen and oxygen atoms in total. The molecular formula is C23H27N7O2S. The molecule has 0 aromatic carbocycles. The Morgan fingerprint density at radius 1 is 1.33 bits per heavy atom. The summed E-state index contributed by atoms with van der Waals surface area (Å²) in [7, 11) is 0. The highest BCUT2D eigenvalue weighted by Gasteiger charge is 2.28. The largest absolute Gasteiger partial charge is 0.393 e. The molecule has 1 aliphatic heterocycles. The van der Waals surface area contributed by atoms with Crippen molar-refractivity contribution >= 4 is 22.9 Å². The predicted molar refractivity (Wildman–Crippen MR) is 126 cm³/mol. The number of aromatic nitrogens is 6. The van der Waals surface area contributed by atoms with Crippen LogP contribution in [0.3, 0.4) is 0 Å². The van der Waals surface area contributed by atoms with Crippen LogP contribution in [0.5, 0.6) is 0 Å². The number of carbonyl (C=O) groups is 1. The van der Waals surface area contributed by atoms with E-state index in [1.807, 2.05) is 18.0 Å². The second-order valence-electron chi connectivity index (χ2n) is 8.96. The van der Waals surface area contributed by atoms with Gasteiger partial charge in [-0.2, -0.15) is 10.2 Å². The first-order chi connectivity index (χ1) is 15.8. The number of thiazole rings is 1. The number of aliphatic hydroxyl groups excluding tert-OH is 1. The van der Waals surface area contributed by atoms with Crippen molar-refractivity contribution in [1.29, 1.82) is 0 Å². The van der Waals surface area contributed by atoms with Crippen LogP contribution in [0.25, 0.3) is 27.6 Å². The molecule has 1 atom stereocenters. The number of aromatic amines is 1. The Kier molecular flexibility index (Phi) is 5.49. The van der Waals surface area contributed by atoms with E-state index in [9.17, 15) is 9.90 Å². The van der Waals surface area contributed by atoms with E-state index in [1.54, 1.807) is 29.1 Å². The third-order valence-corrected chi connectivity index (χ3v) is 7.07. The number of fused-ring (bicyclic) bond motifs is 2. The molecule has 10 heteroatoms. The van der Waals surface area contributed by atoms with Gasteiger partial charge in [0.2, 0.25) is 5.91 Å². The maximum absolute atomic E-state index is 12.4. The molecule has 4 aromatic rings. The number of carbonyl (C=O) groups excluding carboxylic acids is 1. The van der Waals surface area contributed by atoms with Gasteiger partial charge in [-0.15, -0.1) is 11.3 Å². The average Bonchev–Trinajstić information content (AvgIpc) is 3.49. The van der Waals surface area contributed by atoms with Gasteiger partial charge in [-0.25, -0.2) is 14.5 Å². The van der Waals surface area contributed by atoms with Gasteiger partial charge >= 0.3 is 0 Å². The molecule has 2 N–H and O–H groups in total. The minimum Gasteiger partial charge on any atom is -0.393 e. The molecule has 1 amide bonds. The van der Waals surface area contributed by atoms with Crippen LogP contribution in [0.1, 0.15) is 54.8 Å². The number of aliphatic hydroxyl groups is 1. The number of pyridine rings is 1. The van der Waals surface area contributed by atoms with E-state index in [0.29, 0.717) is 19.5 Å². The molecular weight excluding hydrogens is 438 g/mol. The third-order valence-electron chi connectivity index (χ3n) is 5.99. The van der Waals surface area contributed by atoms with Gasteiger partial charge in [0.25, 0.3) is 0 Å². The molecule has 0 aliphatic carbocycles. The number of nitrogens with one attached hydrogen (secondary N) is 1. The number of nitrogens with zero attached hydrogens (tertiary/aromatic N) is 6. The smallest absolute Gasteiger partial charge is 0.225 e. The van der Waals surface area contributed by atoms with Crippen molar-refractivity contribution in [2.24, 2.45) is 0 Å². The molecule has 0 radical (unpaired) electrons. The van der Waals surface area contributed by atoms with Crippen molar-refractivity contribution < 1.29 is 9.90 Å². The second-order valence-corrected chi connectivity index (χ2v) is 10.0. The van der Waals surface area contributed by atoms with E-state index >= 15 is 0 Å². The van der Waals surface area contributed by atoms with Gasteiger partial charge in [-0.1, -0.05) is 13.8 Å². The zero-order valence-electron chi connectivity index (χ0n) is 19.2. The summed E-state index contributed by atoms with van der Waals surface area (Å²) in [5.74, 6) is 0.208. The lowest BCUT2D eigenvalue weighted by Crippen LogP contribution is -2.36. The maximum atomic E-state index is 12.4. The lowest BCUT2D eigenvalue weighted by Gasteiger charge is -2.26. The quantitative estimate of drug-likeness (QED) is 0.468. The first kappa shape index (κ1) is 21.7. The molecule has 5 heterocycles. The molecule has 0 saturated carbocycles. The van der Waals surface area contributed by atoms with E-state index in [1.165, 1.54) is 0 Å². The Morgan fingerprint density at radius 3 is 2.91 bits per heavy atom. The molecule has 0 spiro atoms. The summed E-state index contributed by atoms with van der Waals surface area (Å²) < 4.78 is 1.79. The van der Waals surface area contributed by atoms with Crippen molar-refractivity contribution in [3.05, 3.63) is 40.3 Å². The highest BCUT2D eigenvalue weighted by Crippen LogP contribution is 2.39. The fourth-order valence-corrected chi connectivity index (χ4v) is 5.55. The van der Waals surface area contributed by atoms with Crippen molar-refractivity contribution in [2.45, 2.75) is 59.1 Å². The Balaban J connectivity index is 1.51. The van der Waals surface area contributed by atoms with Gasteiger partial charge in [-0.3, -0.25) is 9.89 Å². The van der Waals surface area contributed by atoms with E-state index in [4.69, 9.17) is 4.98 Å². The minimum absolute atomic E-state index is 0.0191. The summed E-state index contributed by atoms with van der Waals surface area (Å²) in [5, 5.41) is 22.7. The molecule has 0 bridgehead atoms. The van der Waals surface area contributed by atoms with E-state index in [2.05, 4.69) is 40.2 Å². The summed E-state index contributed by atoms with van der Waals surface area (Å²) >= 11 is 1.60. The van der Waals surface area contributed by atoms with Crippen LogP contribution >= 0.6 is 11.3 Å². The number of H-pyrrole nitrogens is 1. The predicted octanol–water partition coefficient (Wildman–Crippen LogP) is 3.33. The van der Waals surface area contributed by atoms with Crippen LogP contribution in [-0.4, -0.2) is 58.3 Å². The van der Waals surface area contributed by atoms with Gasteiger partial charge in [0.15, 0.2) is 5.65 Å². The monoisotopic (exact) mass is 465 g/mol. The Hall–Kier alpha value is -3.11. The van der Waals surface area contributed by atoms with Gasteiger partial charge in [0.05, 0.1) is 30.5 Å². The standard InChI is InChI=1S/C23H27N7O2S/c1-12(2)19-20(15-7-13(3)22-24-11-25-30(22)9-15)27-28-21(19)23-26-16-5-6-29(10-17(16)33-23)18(32)8-14(4)31/h7,9,11-12,14,31H,5-6,8,10H2,1-4H3,(H,27,28)/t14-/m0/s1. The molecule has 172 valence electrons. The van der Waals surface area contributed by atoms with Crippen LogP contribution in [0.2, 0.25) is 0 Å². The summed E-state index contributed by atoms with van der Waals surface area (Å²) in [6, 6.07) is 2.10. The Labute approximate surface area is 195 Å². The summed E-state index contributed by atoms with van der Waals surface area (Å²) in [4.78, 5) is 24.5. The molecule has 4 aromatic heterocycles. The number of hydrogen-bond donors (Lipinski definition) is 2. The van der Waals surface area contributed by atoms with Crippen molar-refractivity contribution in [3.8, 4) is 22.0 Å². The average molecular weight is 466 g/mol. The summed E-state index contributed by atoms with van der Waals surface area (Å²) in [6.07, 6.45) is 3.76. The van der Waals surface area contributed by atoms with E-state index in [-0.39, 0.29) is 18.2 Å². The van der Waals surface area contributed by atoms with E-state index in [0.717, 1.165) is 49.3 Å². The van der Waals surface area contributed by atoms with Crippen LogP contribution in [-0.2, 0) is 17.8 Å².